The third kappa shape index (κ3) is 4.87. The van der Waals surface area contributed by atoms with Crippen molar-refractivity contribution >= 4 is 22.8 Å². The number of hydrogen-bond donors (Lipinski definition) is 1. The molecule has 0 spiro atoms. The summed E-state index contributed by atoms with van der Waals surface area (Å²) in [5.74, 6) is 2.05. The van der Waals surface area contributed by atoms with Gasteiger partial charge in [-0.3, -0.25) is 4.90 Å². The highest BCUT2D eigenvalue weighted by atomic mass is 16.5. The first-order valence-corrected chi connectivity index (χ1v) is 13.2. The molecule has 2 aliphatic heterocycles. The monoisotopic (exact) mass is 514 g/mol. The van der Waals surface area contributed by atoms with Crippen LogP contribution in [0.5, 0.6) is 11.5 Å². The number of nitrogens with one attached hydrogen (secondary N) is 1. The normalized spacial score (nSPS) is 17.1. The molecule has 4 aromatic rings. The molecular weight excluding hydrogens is 480 g/mol. The van der Waals surface area contributed by atoms with Crippen LogP contribution < -0.4 is 19.7 Å². The Bertz CT molecular complexity index is 1390. The van der Waals surface area contributed by atoms with Gasteiger partial charge in [0.2, 0.25) is 5.95 Å². The molecule has 9 nitrogen and oxygen atoms in total. The van der Waals surface area contributed by atoms with Crippen molar-refractivity contribution in [2.24, 2.45) is 0 Å². The highest BCUT2D eigenvalue weighted by molar-refractivity contribution is 5.72. The molecule has 2 aromatic carbocycles. The fourth-order valence-corrected chi connectivity index (χ4v) is 5.55. The summed E-state index contributed by atoms with van der Waals surface area (Å²) in [5.41, 5.74) is 4.81. The molecule has 2 aromatic heterocycles. The minimum Gasteiger partial charge on any atom is -0.496 e. The van der Waals surface area contributed by atoms with Crippen molar-refractivity contribution in [3.8, 4) is 22.8 Å². The Morgan fingerprint density at radius 2 is 1.68 bits per heavy atom. The standard InChI is InChI=1S/C29H34N6O3/c1-36-27-6-4-3-5-24(27)26-10-8-23-20-30-29(32-35(23)26)31-25-9-7-22(19-28(25)37-2)33-13-11-21(12-14-33)34-15-17-38-18-16-34/h3-10,19-21H,11-18H2,1-2H3,(H,31,32). The number of hydrogen-bond acceptors (Lipinski definition) is 8. The van der Waals surface area contributed by atoms with Crippen molar-refractivity contribution in [1.82, 2.24) is 19.5 Å². The lowest BCUT2D eigenvalue weighted by atomic mass is 10.0. The Morgan fingerprint density at radius 3 is 2.47 bits per heavy atom. The molecule has 38 heavy (non-hydrogen) atoms. The Hall–Kier alpha value is -3.82. The van der Waals surface area contributed by atoms with E-state index in [1.54, 1.807) is 14.2 Å². The fraction of sp³-hybridized carbons (Fsp3) is 0.379. The predicted octanol–water partition coefficient (Wildman–Crippen LogP) is 4.46. The molecule has 4 heterocycles. The Labute approximate surface area is 222 Å². The van der Waals surface area contributed by atoms with E-state index in [4.69, 9.17) is 19.3 Å². The third-order valence-electron chi connectivity index (χ3n) is 7.60. The molecule has 2 fully saturated rings. The van der Waals surface area contributed by atoms with Gasteiger partial charge in [0.1, 0.15) is 11.5 Å². The first-order chi connectivity index (χ1) is 18.7. The van der Waals surface area contributed by atoms with Gasteiger partial charge >= 0.3 is 0 Å². The van der Waals surface area contributed by atoms with Crippen molar-refractivity contribution in [3.05, 3.63) is 60.8 Å². The third-order valence-corrected chi connectivity index (χ3v) is 7.60. The number of morpholine rings is 1. The SMILES string of the molecule is COc1cc(N2CCC(N3CCOCC3)CC2)ccc1Nc1ncc2ccc(-c3ccccc3OC)n2n1. The average molecular weight is 515 g/mol. The summed E-state index contributed by atoms with van der Waals surface area (Å²) >= 11 is 0. The van der Waals surface area contributed by atoms with Gasteiger partial charge in [0, 0.05) is 49.5 Å². The number of benzene rings is 2. The van der Waals surface area contributed by atoms with Crippen LogP contribution in [0.3, 0.4) is 0 Å². The number of rotatable bonds is 7. The molecule has 0 radical (unpaired) electrons. The summed E-state index contributed by atoms with van der Waals surface area (Å²) in [6, 6.07) is 18.9. The molecule has 2 saturated heterocycles. The van der Waals surface area contributed by atoms with Crippen LogP contribution in [0.2, 0.25) is 0 Å². The van der Waals surface area contributed by atoms with E-state index in [1.165, 1.54) is 18.5 Å². The number of piperidine rings is 1. The number of nitrogens with zero attached hydrogens (tertiary/aromatic N) is 5. The van der Waals surface area contributed by atoms with Gasteiger partial charge in [-0.1, -0.05) is 12.1 Å². The number of methoxy groups -OCH3 is 2. The summed E-state index contributed by atoms with van der Waals surface area (Å²) in [6.07, 6.45) is 4.15. The summed E-state index contributed by atoms with van der Waals surface area (Å²) in [5, 5.41) is 8.14. The van der Waals surface area contributed by atoms with Gasteiger partial charge in [-0.25, -0.2) is 9.50 Å². The van der Waals surface area contributed by atoms with E-state index in [0.29, 0.717) is 12.0 Å². The Balaban J connectivity index is 1.19. The molecule has 198 valence electrons. The summed E-state index contributed by atoms with van der Waals surface area (Å²) in [4.78, 5) is 9.58. The van der Waals surface area contributed by atoms with Crippen LogP contribution in [0, 0.1) is 0 Å². The largest absolute Gasteiger partial charge is 0.496 e. The molecule has 0 atom stereocenters. The molecule has 0 aliphatic carbocycles. The molecular formula is C29H34N6O3. The zero-order valence-corrected chi connectivity index (χ0v) is 22.0. The second-order valence-corrected chi connectivity index (χ2v) is 9.71. The maximum absolute atomic E-state index is 5.77. The number of anilines is 3. The van der Waals surface area contributed by atoms with Crippen molar-refractivity contribution in [3.63, 3.8) is 0 Å². The molecule has 2 aliphatic rings. The van der Waals surface area contributed by atoms with E-state index in [2.05, 4.69) is 32.2 Å². The predicted molar refractivity (Wildman–Crippen MR) is 149 cm³/mol. The van der Waals surface area contributed by atoms with E-state index < -0.39 is 0 Å². The second-order valence-electron chi connectivity index (χ2n) is 9.71. The Morgan fingerprint density at radius 1 is 0.895 bits per heavy atom. The van der Waals surface area contributed by atoms with Gasteiger partial charge in [-0.05, 0) is 49.2 Å². The van der Waals surface area contributed by atoms with Crippen LogP contribution >= 0.6 is 0 Å². The van der Waals surface area contributed by atoms with Crippen molar-refractivity contribution in [2.75, 3.05) is 63.8 Å². The maximum atomic E-state index is 5.77. The van der Waals surface area contributed by atoms with Crippen LogP contribution in [0.4, 0.5) is 17.3 Å². The highest BCUT2D eigenvalue weighted by Gasteiger charge is 2.26. The minimum atomic E-state index is 0.488. The lowest BCUT2D eigenvalue weighted by Gasteiger charge is -2.40. The molecule has 0 bridgehead atoms. The summed E-state index contributed by atoms with van der Waals surface area (Å²) < 4.78 is 18.7. The lowest BCUT2D eigenvalue weighted by Crippen LogP contribution is -2.49. The van der Waals surface area contributed by atoms with Crippen LogP contribution in [-0.4, -0.2) is 79.2 Å². The highest BCUT2D eigenvalue weighted by Crippen LogP contribution is 2.34. The van der Waals surface area contributed by atoms with E-state index in [1.807, 2.05) is 53.2 Å². The van der Waals surface area contributed by atoms with Crippen LogP contribution in [0.15, 0.2) is 60.8 Å². The minimum absolute atomic E-state index is 0.488. The van der Waals surface area contributed by atoms with Gasteiger partial charge in [0.15, 0.2) is 0 Å². The van der Waals surface area contributed by atoms with Crippen molar-refractivity contribution in [2.45, 2.75) is 18.9 Å². The number of para-hydroxylation sites is 1. The molecule has 6 rings (SSSR count). The number of aromatic nitrogens is 3. The summed E-state index contributed by atoms with van der Waals surface area (Å²) in [7, 11) is 3.38. The number of ether oxygens (including phenoxy) is 3. The van der Waals surface area contributed by atoms with Crippen molar-refractivity contribution < 1.29 is 14.2 Å². The molecule has 0 saturated carbocycles. The second kappa shape index (κ2) is 10.9. The Kier molecular flexibility index (Phi) is 7.02. The molecule has 9 heteroatoms. The van der Waals surface area contributed by atoms with Gasteiger partial charge in [0.05, 0.1) is 50.5 Å². The van der Waals surface area contributed by atoms with Gasteiger partial charge in [0.25, 0.3) is 0 Å². The smallest absolute Gasteiger partial charge is 0.245 e. The van der Waals surface area contributed by atoms with Crippen LogP contribution in [0.1, 0.15) is 12.8 Å². The van der Waals surface area contributed by atoms with Crippen LogP contribution in [0.25, 0.3) is 16.8 Å². The molecule has 0 amide bonds. The van der Waals surface area contributed by atoms with Crippen LogP contribution in [-0.2, 0) is 4.74 Å². The quantitative estimate of drug-likeness (QED) is 0.388. The molecule has 1 N–H and O–H groups in total. The average Bonchev–Trinajstić information content (AvgIpc) is 3.41. The number of fused-ring (bicyclic) bond motifs is 1. The van der Waals surface area contributed by atoms with Crippen molar-refractivity contribution in [1.29, 1.82) is 0 Å². The summed E-state index contributed by atoms with van der Waals surface area (Å²) in [6.45, 7) is 5.89. The van der Waals surface area contributed by atoms with Gasteiger partial charge in [-0.15, -0.1) is 5.10 Å². The van der Waals surface area contributed by atoms with E-state index in [9.17, 15) is 0 Å². The molecule has 0 unspecified atom stereocenters. The van der Waals surface area contributed by atoms with Gasteiger partial charge in [-0.2, -0.15) is 0 Å². The first-order valence-electron chi connectivity index (χ1n) is 13.2. The topological polar surface area (TPSA) is 76.4 Å². The lowest BCUT2D eigenvalue weighted by molar-refractivity contribution is 0.0115. The fourth-order valence-electron chi connectivity index (χ4n) is 5.55. The zero-order chi connectivity index (χ0) is 25.9. The first kappa shape index (κ1) is 24.5. The van der Waals surface area contributed by atoms with E-state index in [-0.39, 0.29) is 0 Å². The van der Waals surface area contributed by atoms with E-state index in [0.717, 1.165) is 73.4 Å². The van der Waals surface area contributed by atoms with Gasteiger partial charge < -0.3 is 24.4 Å². The zero-order valence-electron chi connectivity index (χ0n) is 22.0. The van der Waals surface area contributed by atoms with E-state index >= 15 is 0 Å². The maximum Gasteiger partial charge on any atom is 0.245 e.